The van der Waals surface area contributed by atoms with Crippen molar-refractivity contribution >= 4 is 10.9 Å². The first-order valence-electron chi connectivity index (χ1n) is 13.7. The van der Waals surface area contributed by atoms with Crippen LogP contribution in [0.1, 0.15) is 58.6 Å². The number of nitrogens with one attached hydrogen (secondary N) is 1. The van der Waals surface area contributed by atoms with Crippen molar-refractivity contribution in [2.75, 3.05) is 6.54 Å². The van der Waals surface area contributed by atoms with E-state index < -0.39 is 0 Å². The molecule has 0 fully saturated rings. The first kappa shape index (κ1) is 27.4. The molecule has 206 valence electrons. The van der Waals surface area contributed by atoms with Crippen molar-refractivity contribution in [3.05, 3.63) is 122 Å². The first-order valence-corrected chi connectivity index (χ1v) is 13.7. The standard InChI is InChI=1S/C32H35FN6O/c1-5-29(31-35-36-37-39(31)19-24-10-12-28(33)13-11-24)38(15-14-25-9-7-6-8-22(25)3)20-27-18-26-17-21(2)16-23(4)30(26)34-32(27)40/h6-13,16-18,29H,5,14-15,19-20H2,1-4H3,(H,34,40)/t29-/m1/s1. The van der Waals surface area contributed by atoms with E-state index in [-0.39, 0.29) is 17.4 Å². The van der Waals surface area contributed by atoms with Crippen molar-refractivity contribution in [2.45, 2.75) is 59.7 Å². The van der Waals surface area contributed by atoms with Gasteiger partial charge in [0.1, 0.15) is 5.82 Å². The van der Waals surface area contributed by atoms with Gasteiger partial charge >= 0.3 is 0 Å². The van der Waals surface area contributed by atoms with Crippen LogP contribution in [0.15, 0.2) is 71.5 Å². The molecule has 0 aliphatic carbocycles. The van der Waals surface area contributed by atoms with Crippen molar-refractivity contribution in [2.24, 2.45) is 0 Å². The molecule has 1 N–H and O–H groups in total. The molecular weight excluding hydrogens is 503 g/mol. The monoisotopic (exact) mass is 538 g/mol. The lowest BCUT2D eigenvalue weighted by atomic mass is 10.0. The minimum atomic E-state index is -0.277. The molecule has 0 amide bonds. The molecule has 0 spiro atoms. The largest absolute Gasteiger partial charge is 0.321 e. The molecule has 0 radical (unpaired) electrons. The zero-order chi connectivity index (χ0) is 28.2. The van der Waals surface area contributed by atoms with Crippen LogP contribution in [0.25, 0.3) is 10.9 Å². The van der Waals surface area contributed by atoms with Crippen LogP contribution in [-0.2, 0) is 19.5 Å². The number of nitrogens with zero attached hydrogens (tertiary/aromatic N) is 5. The van der Waals surface area contributed by atoms with E-state index >= 15 is 0 Å². The van der Waals surface area contributed by atoms with Crippen LogP contribution >= 0.6 is 0 Å². The first-order chi connectivity index (χ1) is 19.3. The molecule has 40 heavy (non-hydrogen) atoms. The molecule has 1 atom stereocenters. The van der Waals surface area contributed by atoms with Crippen LogP contribution < -0.4 is 5.56 Å². The van der Waals surface area contributed by atoms with Gasteiger partial charge < -0.3 is 4.98 Å². The molecular formula is C32H35FN6O. The highest BCUT2D eigenvalue weighted by Gasteiger charge is 2.26. The number of aromatic amines is 1. The van der Waals surface area contributed by atoms with E-state index in [9.17, 15) is 9.18 Å². The van der Waals surface area contributed by atoms with Crippen molar-refractivity contribution in [3.63, 3.8) is 0 Å². The summed E-state index contributed by atoms with van der Waals surface area (Å²) in [7, 11) is 0. The van der Waals surface area contributed by atoms with Gasteiger partial charge in [0.2, 0.25) is 0 Å². The molecule has 0 saturated carbocycles. The van der Waals surface area contributed by atoms with Crippen LogP contribution in [-0.4, -0.2) is 36.6 Å². The number of H-pyrrole nitrogens is 1. The number of hydrogen-bond acceptors (Lipinski definition) is 5. The topological polar surface area (TPSA) is 79.7 Å². The van der Waals surface area contributed by atoms with Gasteiger partial charge in [-0.05, 0) is 95.9 Å². The number of rotatable bonds is 10. The Labute approximate surface area is 233 Å². The zero-order valence-electron chi connectivity index (χ0n) is 23.5. The second-order valence-electron chi connectivity index (χ2n) is 10.6. The summed E-state index contributed by atoms with van der Waals surface area (Å²) in [6, 6.07) is 20.9. The third-order valence-electron chi connectivity index (χ3n) is 7.60. The second-order valence-corrected chi connectivity index (χ2v) is 10.6. The molecule has 0 saturated heterocycles. The molecule has 5 rings (SSSR count). The molecule has 8 heteroatoms. The number of halogens is 1. The molecule has 2 aromatic heterocycles. The molecule has 0 aliphatic heterocycles. The maximum atomic E-state index is 13.5. The van der Waals surface area contributed by atoms with Gasteiger partial charge in [-0.15, -0.1) is 5.10 Å². The van der Waals surface area contributed by atoms with Crippen molar-refractivity contribution in [1.29, 1.82) is 0 Å². The Bertz CT molecular complexity index is 1670. The average Bonchev–Trinajstić information content (AvgIpc) is 3.38. The second kappa shape index (κ2) is 11.9. The number of pyridine rings is 1. The Morgan fingerprint density at radius 1 is 0.975 bits per heavy atom. The predicted octanol–water partition coefficient (Wildman–Crippen LogP) is 5.82. The Hall–Kier alpha value is -4.17. The van der Waals surface area contributed by atoms with Gasteiger partial charge in [-0.25, -0.2) is 9.07 Å². The Morgan fingerprint density at radius 3 is 2.50 bits per heavy atom. The van der Waals surface area contributed by atoms with Crippen molar-refractivity contribution in [1.82, 2.24) is 30.1 Å². The number of tetrazole rings is 1. The van der Waals surface area contributed by atoms with Crippen molar-refractivity contribution < 1.29 is 4.39 Å². The van der Waals surface area contributed by atoms with Gasteiger partial charge in [-0.1, -0.05) is 55.0 Å². The lowest BCUT2D eigenvalue weighted by Gasteiger charge is -2.30. The normalized spacial score (nSPS) is 12.3. The molecule has 3 aromatic carbocycles. The van der Waals surface area contributed by atoms with E-state index in [4.69, 9.17) is 0 Å². The highest BCUT2D eigenvalue weighted by Crippen LogP contribution is 2.26. The summed E-state index contributed by atoms with van der Waals surface area (Å²) in [5, 5.41) is 13.7. The summed E-state index contributed by atoms with van der Waals surface area (Å²) < 4.78 is 15.3. The summed E-state index contributed by atoms with van der Waals surface area (Å²) in [6.07, 6.45) is 1.58. The highest BCUT2D eigenvalue weighted by atomic mass is 19.1. The fraction of sp³-hybridized carbons (Fsp3) is 0.312. The highest BCUT2D eigenvalue weighted by molar-refractivity contribution is 5.82. The van der Waals surface area contributed by atoms with E-state index in [0.29, 0.717) is 18.7 Å². The van der Waals surface area contributed by atoms with Crippen LogP contribution in [0.4, 0.5) is 4.39 Å². The van der Waals surface area contributed by atoms with Gasteiger partial charge in [0, 0.05) is 18.7 Å². The maximum Gasteiger partial charge on any atom is 0.252 e. The summed E-state index contributed by atoms with van der Waals surface area (Å²) >= 11 is 0. The van der Waals surface area contributed by atoms with E-state index in [1.54, 1.807) is 16.8 Å². The summed E-state index contributed by atoms with van der Waals surface area (Å²) in [5.74, 6) is 0.445. The number of benzene rings is 3. The number of hydrogen-bond donors (Lipinski definition) is 1. The lowest BCUT2D eigenvalue weighted by molar-refractivity contribution is 0.172. The SMILES string of the molecule is CC[C@H](c1nnnn1Cc1ccc(F)cc1)N(CCc1ccccc1C)Cc1cc2cc(C)cc(C)c2[nH]c1=O. The zero-order valence-corrected chi connectivity index (χ0v) is 23.5. The molecule has 0 bridgehead atoms. The van der Waals surface area contributed by atoms with E-state index in [1.165, 1.54) is 23.3 Å². The molecule has 7 nitrogen and oxygen atoms in total. The number of fused-ring (bicyclic) bond motifs is 1. The van der Waals surface area contributed by atoms with E-state index in [0.717, 1.165) is 52.8 Å². The quantitative estimate of drug-likeness (QED) is 0.242. The molecule has 5 aromatic rings. The third-order valence-corrected chi connectivity index (χ3v) is 7.60. The summed E-state index contributed by atoms with van der Waals surface area (Å²) in [6.45, 7) is 9.93. The average molecular weight is 539 g/mol. The van der Waals surface area contributed by atoms with Gasteiger partial charge in [0.25, 0.3) is 5.56 Å². The Kier molecular flexibility index (Phi) is 8.16. The van der Waals surface area contributed by atoms with Gasteiger partial charge in [-0.2, -0.15) is 0 Å². The van der Waals surface area contributed by atoms with Crippen LogP contribution in [0.5, 0.6) is 0 Å². The molecule has 2 heterocycles. The fourth-order valence-corrected chi connectivity index (χ4v) is 5.50. The van der Waals surface area contributed by atoms with Crippen LogP contribution in [0.2, 0.25) is 0 Å². The summed E-state index contributed by atoms with van der Waals surface area (Å²) in [5.41, 5.74) is 7.14. The van der Waals surface area contributed by atoms with E-state index in [1.807, 2.05) is 19.1 Å². The van der Waals surface area contributed by atoms with Crippen LogP contribution in [0.3, 0.4) is 0 Å². The van der Waals surface area contributed by atoms with Gasteiger partial charge in [-0.3, -0.25) is 9.69 Å². The predicted molar refractivity (Wildman–Crippen MR) is 156 cm³/mol. The minimum absolute atomic E-state index is 0.0823. The molecule has 0 unspecified atom stereocenters. The Morgan fingerprint density at radius 2 is 1.75 bits per heavy atom. The van der Waals surface area contributed by atoms with Gasteiger partial charge in [0.15, 0.2) is 5.82 Å². The fourth-order valence-electron chi connectivity index (χ4n) is 5.50. The maximum absolute atomic E-state index is 13.5. The summed E-state index contributed by atoms with van der Waals surface area (Å²) in [4.78, 5) is 18.7. The van der Waals surface area contributed by atoms with Gasteiger partial charge in [0.05, 0.1) is 18.1 Å². The number of aryl methyl sites for hydroxylation is 3. The van der Waals surface area contributed by atoms with Crippen LogP contribution in [0, 0.1) is 26.6 Å². The Balaban J connectivity index is 1.50. The van der Waals surface area contributed by atoms with Crippen molar-refractivity contribution in [3.8, 4) is 0 Å². The number of aromatic nitrogens is 5. The minimum Gasteiger partial charge on any atom is -0.321 e. The lowest BCUT2D eigenvalue weighted by Crippen LogP contribution is -2.34. The van der Waals surface area contributed by atoms with E-state index in [2.05, 4.69) is 76.5 Å². The third kappa shape index (κ3) is 6.02. The smallest absolute Gasteiger partial charge is 0.252 e. The molecule has 0 aliphatic rings.